The Morgan fingerprint density at radius 2 is 1.84 bits per heavy atom. The lowest BCUT2D eigenvalue weighted by molar-refractivity contribution is 0.629. The molecule has 0 aliphatic heterocycles. The van der Waals surface area contributed by atoms with E-state index in [4.69, 9.17) is 28.9 Å². The van der Waals surface area contributed by atoms with E-state index < -0.39 is 5.82 Å². The molecule has 0 bridgehead atoms. The summed E-state index contributed by atoms with van der Waals surface area (Å²) in [4.78, 5) is 4.16. The topological polar surface area (TPSA) is 43.8 Å². The Balaban J connectivity index is 2.38. The van der Waals surface area contributed by atoms with Crippen molar-refractivity contribution in [3.05, 3.63) is 52.3 Å². The lowest BCUT2D eigenvalue weighted by atomic mass is 10.2. The average molecular weight is 296 g/mol. The Kier molecular flexibility index (Phi) is 2.84. The molecule has 96 valence electrons. The number of nitrogen functional groups attached to an aromatic ring is 1. The summed E-state index contributed by atoms with van der Waals surface area (Å²) in [6.45, 7) is 0. The first-order valence-corrected chi connectivity index (χ1v) is 6.21. The molecule has 2 N–H and O–H groups in total. The van der Waals surface area contributed by atoms with E-state index in [9.17, 15) is 4.39 Å². The highest BCUT2D eigenvalue weighted by molar-refractivity contribution is 6.32. The summed E-state index contributed by atoms with van der Waals surface area (Å²) in [5.41, 5.74) is 7.56. The van der Waals surface area contributed by atoms with Crippen molar-refractivity contribution in [1.29, 1.82) is 0 Å². The number of nitrogens with zero attached hydrogens (tertiary/aromatic N) is 2. The predicted octanol–water partition coefficient (Wildman–Crippen LogP) is 4.05. The van der Waals surface area contributed by atoms with Crippen LogP contribution in [0.25, 0.3) is 16.7 Å². The van der Waals surface area contributed by atoms with Gasteiger partial charge in [-0.1, -0.05) is 35.3 Å². The first-order chi connectivity index (χ1) is 9.08. The minimum absolute atomic E-state index is 0.0105. The fraction of sp³-hybridized carbons (Fsp3) is 0. The maximum atomic E-state index is 13.6. The lowest BCUT2D eigenvalue weighted by Gasteiger charge is -2.08. The molecule has 0 spiro atoms. The Labute approximate surface area is 118 Å². The summed E-state index contributed by atoms with van der Waals surface area (Å²) >= 11 is 11.9. The molecule has 3 nitrogen and oxygen atoms in total. The number of halogens is 3. The summed E-state index contributed by atoms with van der Waals surface area (Å²) in [5, 5.41) is 0.514. The van der Waals surface area contributed by atoms with Crippen molar-refractivity contribution in [2.45, 2.75) is 0 Å². The van der Waals surface area contributed by atoms with E-state index >= 15 is 0 Å². The van der Waals surface area contributed by atoms with Crippen molar-refractivity contribution in [2.24, 2.45) is 0 Å². The van der Waals surface area contributed by atoms with Gasteiger partial charge in [-0.05, 0) is 18.2 Å². The minimum Gasteiger partial charge on any atom is -0.369 e. The first kappa shape index (κ1) is 12.3. The summed E-state index contributed by atoms with van der Waals surface area (Å²) in [5.74, 6) is -0.299. The number of hydrogen-bond donors (Lipinski definition) is 1. The van der Waals surface area contributed by atoms with Crippen LogP contribution in [0.5, 0.6) is 0 Å². The number of anilines is 1. The number of hydrogen-bond acceptors (Lipinski definition) is 2. The molecule has 0 aliphatic rings. The minimum atomic E-state index is -0.526. The molecule has 19 heavy (non-hydrogen) atoms. The SMILES string of the molecule is Nc1nc2cc(Cl)c(F)cc2n1-c1ccccc1Cl. The van der Waals surface area contributed by atoms with Crippen LogP contribution >= 0.6 is 23.2 Å². The average Bonchev–Trinajstić information content (AvgIpc) is 2.66. The Bertz CT molecular complexity index is 783. The van der Waals surface area contributed by atoms with Crippen LogP contribution in [0.4, 0.5) is 10.3 Å². The third-order valence-electron chi connectivity index (χ3n) is 2.82. The van der Waals surface area contributed by atoms with Crippen molar-refractivity contribution in [3.8, 4) is 5.69 Å². The molecule has 2 aromatic carbocycles. The molecule has 0 saturated carbocycles. The number of para-hydroxylation sites is 1. The number of nitrogens with two attached hydrogens (primary N) is 1. The van der Waals surface area contributed by atoms with Gasteiger partial charge in [0.1, 0.15) is 5.82 Å². The maximum absolute atomic E-state index is 13.6. The van der Waals surface area contributed by atoms with Crippen LogP contribution in [-0.4, -0.2) is 9.55 Å². The van der Waals surface area contributed by atoms with Crippen molar-refractivity contribution < 1.29 is 4.39 Å². The van der Waals surface area contributed by atoms with Crippen molar-refractivity contribution >= 4 is 40.2 Å². The van der Waals surface area contributed by atoms with Gasteiger partial charge in [0.15, 0.2) is 0 Å². The Morgan fingerprint density at radius 1 is 1.11 bits per heavy atom. The maximum Gasteiger partial charge on any atom is 0.205 e. The molecular formula is C13H8Cl2FN3. The summed E-state index contributed by atoms with van der Waals surface area (Å²) < 4.78 is 15.2. The fourth-order valence-electron chi connectivity index (χ4n) is 1.98. The summed E-state index contributed by atoms with van der Waals surface area (Å²) in [7, 11) is 0. The predicted molar refractivity (Wildman–Crippen MR) is 75.5 cm³/mol. The van der Waals surface area contributed by atoms with Crippen molar-refractivity contribution in [2.75, 3.05) is 5.73 Å². The van der Waals surface area contributed by atoms with Gasteiger partial charge >= 0.3 is 0 Å². The third-order valence-corrected chi connectivity index (χ3v) is 3.43. The number of aromatic nitrogens is 2. The zero-order chi connectivity index (χ0) is 13.6. The molecule has 3 rings (SSSR count). The van der Waals surface area contributed by atoms with E-state index in [2.05, 4.69) is 4.98 Å². The number of imidazole rings is 1. The van der Waals surface area contributed by atoms with Gasteiger partial charge in [0.05, 0.1) is 26.8 Å². The van der Waals surface area contributed by atoms with E-state index in [0.29, 0.717) is 21.7 Å². The molecule has 1 aromatic heterocycles. The number of fused-ring (bicyclic) bond motifs is 1. The van der Waals surface area contributed by atoms with Crippen LogP contribution in [0.1, 0.15) is 0 Å². The lowest BCUT2D eigenvalue weighted by Crippen LogP contribution is -2.01. The number of benzene rings is 2. The standard InChI is InChI=1S/C13H8Cl2FN3/c14-7-3-1-2-4-11(7)19-12-6-9(16)8(15)5-10(12)18-13(19)17/h1-6H,(H2,17,18). The monoisotopic (exact) mass is 295 g/mol. The van der Waals surface area contributed by atoms with E-state index in [1.807, 2.05) is 6.07 Å². The second-order valence-electron chi connectivity index (χ2n) is 4.01. The van der Waals surface area contributed by atoms with Gasteiger partial charge in [-0.15, -0.1) is 0 Å². The van der Waals surface area contributed by atoms with Crippen LogP contribution in [0.2, 0.25) is 10.0 Å². The molecule has 0 unspecified atom stereocenters. The highest BCUT2D eigenvalue weighted by Crippen LogP contribution is 2.30. The van der Waals surface area contributed by atoms with E-state index in [1.165, 1.54) is 12.1 Å². The van der Waals surface area contributed by atoms with Gasteiger partial charge in [-0.2, -0.15) is 0 Å². The molecule has 0 aliphatic carbocycles. The van der Waals surface area contributed by atoms with Crippen LogP contribution in [-0.2, 0) is 0 Å². The Morgan fingerprint density at radius 3 is 2.58 bits per heavy atom. The van der Waals surface area contributed by atoms with Crippen molar-refractivity contribution in [1.82, 2.24) is 9.55 Å². The van der Waals surface area contributed by atoms with Gasteiger partial charge < -0.3 is 5.73 Å². The molecular weight excluding hydrogens is 288 g/mol. The molecule has 6 heteroatoms. The van der Waals surface area contributed by atoms with Gasteiger partial charge in [-0.3, -0.25) is 4.57 Å². The van der Waals surface area contributed by atoms with Gasteiger partial charge in [0, 0.05) is 6.07 Å². The molecule has 0 atom stereocenters. The van der Waals surface area contributed by atoms with Crippen LogP contribution in [0.15, 0.2) is 36.4 Å². The largest absolute Gasteiger partial charge is 0.369 e. The second-order valence-corrected chi connectivity index (χ2v) is 4.83. The van der Waals surface area contributed by atoms with Gasteiger partial charge in [0.2, 0.25) is 5.95 Å². The quantitative estimate of drug-likeness (QED) is 0.736. The van der Waals surface area contributed by atoms with Crippen LogP contribution in [0, 0.1) is 5.82 Å². The molecule has 0 fully saturated rings. The summed E-state index contributed by atoms with van der Waals surface area (Å²) in [6.07, 6.45) is 0. The molecule has 1 heterocycles. The number of rotatable bonds is 1. The highest BCUT2D eigenvalue weighted by atomic mass is 35.5. The van der Waals surface area contributed by atoms with Crippen LogP contribution < -0.4 is 5.73 Å². The Hall–Kier alpha value is -1.78. The molecule has 0 amide bonds. The van der Waals surface area contributed by atoms with Gasteiger partial charge in [-0.25, -0.2) is 9.37 Å². The molecule has 3 aromatic rings. The normalized spacial score (nSPS) is 11.1. The fourth-order valence-corrected chi connectivity index (χ4v) is 2.36. The second kappa shape index (κ2) is 4.40. The highest BCUT2D eigenvalue weighted by Gasteiger charge is 2.14. The smallest absolute Gasteiger partial charge is 0.205 e. The molecule has 0 saturated heterocycles. The van der Waals surface area contributed by atoms with E-state index in [1.54, 1.807) is 22.8 Å². The van der Waals surface area contributed by atoms with Crippen LogP contribution in [0.3, 0.4) is 0 Å². The summed E-state index contributed by atoms with van der Waals surface area (Å²) in [6, 6.07) is 9.87. The zero-order valence-electron chi connectivity index (χ0n) is 9.57. The third kappa shape index (κ3) is 1.93. The first-order valence-electron chi connectivity index (χ1n) is 5.46. The zero-order valence-corrected chi connectivity index (χ0v) is 11.1. The van der Waals surface area contributed by atoms with E-state index in [0.717, 1.165) is 0 Å². The molecule has 0 radical (unpaired) electrons. The van der Waals surface area contributed by atoms with Gasteiger partial charge in [0.25, 0.3) is 0 Å². The van der Waals surface area contributed by atoms with E-state index in [-0.39, 0.29) is 11.0 Å². The van der Waals surface area contributed by atoms with Crippen molar-refractivity contribution in [3.63, 3.8) is 0 Å².